The zero-order valence-corrected chi connectivity index (χ0v) is 67.7. The van der Waals surface area contributed by atoms with Crippen LogP contribution in [0.1, 0.15) is 27.8 Å². The second-order valence-electron chi connectivity index (χ2n) is 32.3. The third kappa shape index (κ3) is 10.8. The van der Waals surface area contributed by atoms with E-state index in [4.69, 9.17) is 9.47 Å². The average molecular weight is 1560 g/mol. The molecular weight excluding hydrogens is 1490 g/mol. The van der Waals surface area contributed by atoms with Gasteiger partial charge >= 0.3 is 0 Å². The molecule has 0 bridgehead atoms. The smallest absolute Gasteiger partial charge is 0.264 e. The Labute approximate surface area is 701 Å². The highest BCUT2D eigenvalue weighted by atomic mass is 32.1. The number of nitrogens with one attached hydrogen (secondary N) is 1. The van der Waals surface area contributed by atoms with Crippen LogP contribution in [0.2, 0.25) is 0 Å². The van der Waals surface area contributed by atoms with E-state index in [1.54, 1.807) is 0 Å². The van der Waals surface area contributed by atoms with Gasteiger partial charge in [-0.3, -0.25) is 0 Å². The minimum absolute atomic E-state index is 0.207. The number of fused-ring (bicyclic) bond motifs is 16. The molecule has 16 aromatic carbocycles. The Balaban J connectivity index is 0.785. The maximum absolute atomic E-state index is 8.00. The van der Waals surface area contributed by atoms with Crippen molar-refractivity contribution in [1.82, 2.24) is 0 Å². The predicted molar refractivity (Wildman–Crippen MR) is 506 cm³/mol. The number of benzene rings is 16. The highest BCUT2D eigenvalue weighted by Gasteiger charge is 2.51. The molecule has 0 saturated heterocycles. The van der Waals surface area contributed by atoms with Crippen molar-refractivity contribution in [2.75, 3.05) is 34.7 Å². The first-order valence-electron chi connectivity index (χ1n) is 40.9. The number of nitrogens with zero attached hydrogens (tertiary/aromatic N) is 6. The van der Waals surface area contributed by atoms with Gasteiger partial charge in [0, 0.05) is 139 Å². The summed E-state index contributed by atoms with van der Waals surface area (Å²) in [6, 6.07) is 130. The summed E-state index contributed by atoms with van der Waals surface area (Å²) in [5, 5.41) is 6.69. The van der Waals surface area contributed by atoms with Crippen molar-refractivity contribution in [2.24, 2.45) is 0 Å². The highest BCUT2D eigenvalue weighted by Crippen LogP contribution is 2.55. The van der Waals surface area contributed by atoms with Crippen molar-refractivity contribution in [3.05, 3.63) is 380 Å². The van der Waals surface area contributed by atoms with Gasteiger partial charge in [0.2, 0.25) is 0 Å². The standard InChI is InChI=1S/C105H74B3N7O2S2/c1-64-44-48-75(49-45-64)112(76-50-46-65(2)47-51-76)77-54-87-98-89(55-77)113(73-36-20-10-21-37-73)102-80-40-24-26-42-96(80)118-104(102)107(98)82-60-84-92(62-86(82)109-87)116-94-58-79(111(71-32-16-8-17-33-71)72-34-18-9-19-35-72)59-95-100(94)106(84)85-61-83-88(63-93(85)117-95)115(101-67(4)52-66(3)53-68(101)5)91-57-78(110(69-28-12-6-13-29-69)70-30-14-7-15-31-70)56-90-99(91)108(83)105-103(81-41-25-27-43-97(81)119-105)114(90)74-38-22-11-23-39-74/h6-63,109H,1-5H3. The lowest BCUT2D eigenvalue weighted by Gasteiger charge is -2.45. The minimum Gasteiger partial charge on any atom is -0.458 e. The van der Waals surface area contributed by atoms with Gasteiger partial charge in [0.05, 0.1) is 34.1 Å². The van der Waals surface area contributed by atoms with Crippen molar-refractivity contribution in [2.45, 2.75) is 34.6 Å². The monoisotopic (exact) mass is 1560 g/mol. The maximum atomic E-state index is 8.00. The molecule has 0 spiro atoms. The fourth-order valence-electron chi connectivity index (χ4n) is 20.1. The van der Waals surface area contributed by atoms with Crippen LogP contribution in [-0.2, 0) is 0 Å². The summed E-state index contributed by atoms with van der Waals surface area (Å²) >= 11 is 3.83. The number of hydrogen-bond acceptors (Lipinski definition) is 11. The number of anilines is 20. The lowest BCUT2D eigenvalue weighted by molar-refractivity contribution is 0.465. The minimum atomic E-state index is -0.387. The number of rotatable bonds is 12. The molecule has 0 aliphatic carbocycles. The Kier molecular flexibility index (Phi) is 15.7. The zero-order chi connectivity index (χ0) is 79.0. The van der Waals surface area contributed by atoms with Gasteiger partial charge in [0.25, 0.3) is 20.1 Å². The molecule has 0 amide bonds. The molecule has 0 radical (unpaired) electrons. The van der Waals surface area contributed by atoms with Crippen LogP contribution in [0.15, 0.2) is 352 Å². The Morgan fingerprint density at radius 1 is 0.269 bits per heavy atom. The van der Waals surface area contributed by atoms with Gasteiger partial charge in [0.1, 0.15) is 23.0 Å². The van der Waals surface area contributed by atoms with E-state index in [2.05, 4.69) is 421 Å². The highest BCUT2D eigenvalue weighted by molar-refractivity contribution is 7.34. The van der Waals surface area contributed by atoms with Crippen LogP contribution in [0, 0.1) is 34.6 Å². The van der Waals surface area contributed by atoms with Gasteiger partial charge in [-0.05, 0) is 212 Å². The largest absolute Gasteiger partial charge is 0.458 e. The zero-order valence-electron chi connectivity index (χ0n) is 66.0. The van der Waals surface area contributed by atoms with Crippen molar-refractivity contribution in [3.8, 4) is 23.0 Å². The lowest BCUT2D eigenvalue weighted by Crippen LogP contribution is -2.64. The Bertz CT molecular complexity index is 7050. The molecule has 14 heteroatoms. The second kappa shape index (κ2) is 27.0. The van der Waals surface area contributed by atoms with Crippen LogP contribution >= 0.6 is 22.7 Å². The summed E-state index contributed by atoms with van der Waals surface area (Å²) in [7, 11) is 0. The van der Waals surface area contributed by atoms with Gasteiger partial charge < -0.3 is 44.2 Å². The molecule has 18 aromatic rings. The lowest BCUT2D eigenvalue weighted by atomic mass is 9.31. The van der Waals surface area contributed by atoms with Crippen LogP contribution in [0.4, 0.5) is 114 Å². The van der Waals surface area contributed by atoms with Crippen LogP contribution in [-0.4, -0.2) is 20.1 Å². The van der Waals surface area contributed by atoms with E-state index in [0.29, 0.717) is 0 Å². The average Bonchev–Trinajstić information content (AvgIpc) is 1.68. The number of hydrogen-bond donors (Lipinski definition) is 1. The summed E-state index contributed by atoms with van der Waals surface area (Å²) in [6.45, 7) is 10.3. The van der Waals surface area contributed by atoms with E-state index in [0.717, 1.165) is 142 Å². The molecule has 0 fully saturated rings. The second-order valence-corrected chi connectivity index (χ2v) is 34.5. The molecule has 6 aliphatic heterocycles. The molecule has 2 aromatic heterocycles. The molecule has 8 heterocycles. The number of ether oxygens (including phenoxy) is 2. The first-order chi connectivity index (χ1) is 58.6. The van der Waals surface area contributed by atoms with E-state index in [-0.39, 0.29) is 20.1 Å². The summed E-state index contributed by atoms with van der Waals surface area (Å²) in [5.74, 6) is 3.05. The summed E-state index contributed by atoms with van der Waals surface area (Å²) < 4.78 is 20.9. The Morgan fingerprint density at radius 2 is 0.655 bits per heavy atom. The summed E-state index contributed by atoms with van der Waals surface area (Å²) in [5.41, 5.74) is 35.4. The van der Waals surface area contributed by atoms with Crippen molar-refractivity contribution in [3.63, 3.8) is 0 Å². The molecular formula is C105H74B3N7O2S2. The van der Waals surface area contributed by atoms with Gasteiger partial charge in [0.15, 0.2) is 0 Å². The normalized spacial score (nSPS) is 13.2. The molecule has 6 aliphatic rings. The third-order valence-corrected chi connectivity index (χ3v) is 27.4. The topological polar surface area (TPSA) is 49.9 Å². The fourth-order valence-corrected chi connectivity index (χ4v) is 22.7. The first-order valence-corrected chi connectivity index (χ1v) is 42.6. The molecule has 0 saturated carbocycles. The third-order valence-electron chi connectivity index (χ3n) is 24.9. The Morgan fingerprint density at radius 3 is 1.13 bits per heavy atom. The quantitative estimate of drug-likeness (QED) is 0.121. The van der Waals surface area contributed by atoms with Gasteiger partial charge in [-0.15, -0.1) is 22.7 Å². The van der Waals surface area contributed by atoms with E-state index < -0.39 is 0 Å². The molecule has 24 rings (SSSR count). The fraction of sp³-hybridized carbons (Fsp3) is 0.0476. The molecule has 562 valence electrons. The van der Waals surface area contributed by atoms with E-state index in [1.165, 1.54) is 90.8 Å². The van der Waals surface area contributed by atoms with Crippen molar-refractivity contribution >= 4 is 225 Å². The summed E-state index contributed by atoms with van der Waals surface area (Å²) in [4.78, 5) is 14.9. The van der Waals surface area contributed by atoms with Gasteiger partial charge in [-0.1, -0.05) is 211 Å². The van der Waals surface area contributed by atoms with Crippen molar-refractivity contribution < 1.29 is 9.47 Å². The Hall–Kier alpha value is -14.2. The summed E-state index contributed by atoms with van der Waals surface area (Å²) in [6.07, 6.45) is 0. The molecule has 119 heavy (non-hydrogen) atoms. The molecule has 9 nitrogen and oxygen atoms in total. The molecule has 0 atom stereocenters. The van der Waals surface area contributed by atoms with Gasteiger partial charge in [-0.2, -0.15) is 0 Å². The first kappa shape index (κ1) is 69.2. The molecule has 0 unspecified atom stereocenters. The predicted octanol–water partition coefficient (Wildman–Crippen LogP) is 23.2. The van der Waals surface area contributed by atoms with E-state index in [1.807, 2.05) is 22.7 Å². The van der Waals surface area contributed by atoms with Crippen LogP contribution in [0.5, 0.6) is 23.0 Å². The van der Waals surface area contributed by atoms with E-state index >= 15 is 0 Å². The van der Waals surface area contributed by atoms with Crippen LogP contribution in [0.25, 0.3) is 20.2 Å². The van der Waals surface area contributed by atoms with Gasteiger partial charge in [-0.25, -0.2) is 0 Å². The van der Waals surface area contributed by atoms with Crippen molar-refractivity contribution in [1.29, 1.82) is 0 Å². The SMILES string of the molecule is Cc1ccc(N(c2ccc(C)cc2)c2cc3c4c(c2)N(c2ccccc2)c2c(sc5ccccc25)B4c2cc4c(cc2N3)Oc2cc(N(c3ccccc3)c3ccccc3)cc3c2B4c2cc4c(cc2O3)N(c2c(C)cc(C)cc2C)c2cc(N(c3ccccc3)c3ccccc3)cc3c2B4c2sc4ccccc4c2N3c2ccccc2)cc1. The van der Waals surface area contributed by atoms with Crippen LogP contribution in [0.3, 0.4) is 0 Å². The number of para-hydroxylation sites is 6. The molecule has 1 N–H and O–H groups in total. The maximum Gasteiger partial charge on any atom is 0.264 e. The van der Waals surface area contributed by atoms with E-state index in [9.17, 15) is 0 Å². The van der Waals surface area contributed by atoms with Crippen LogP contribution < -0.4 is 92.0 Å². The number of thiophene rings is 2. The number of aryl methyl sites for hydroxylation is 5.